The van der Waals surface area contributed by atoms with Gasteiger partial charge in [-0.05, 0) is 48.2 Å². The van der Waals surface area contributed by atoms with E-state index in [4.69, 9.17) is 4.74 Å². The minimum absolute atomic E-state index is 0.00428. The van der Waals surface area contributed by atoms with Gasteiger partial charge in [-0.25, -0.2) is 0 Å². The summed E-state index contributed by atoms with van der Waals surface area (Å²) in [5, 5.41) is 0. The summed E-state index contributed by atoms with van der Waals surface area (Å²) in [6.45, 7) is 0.0663. The van der Waals surface area contributed by atoms with Gasteiger partial charge in [0.25, 0.3) is 5.91 Å². The van der Waals surface area contributed by atoms with Crippen molar-refractivity contribution in [3.8, 4) is 5.75 Å². The minimum Gasteiger partial charge on any atom is -0.484 e. The third-order valence-corrected chi connectivity index (χ3v) is 4.67. The zero-order valence-electron chi connectivity index (χ0n) is 12.5. The highest BCUT2D eigenvalue weighted by atomic mass is 79.9. The summed E-state index contributed by atoms with van der Waals surface area (Å²) in [5.74, 6) is 0.710. The van der Waals surface area contributed by atoms with E-state index in [-0.39, 0.29) is 18.6 Å². The summed E-state index contributed by atoms with van der Waals surface area (Å²) in [7, 11) is 1.86. The monoisotopic (exact) mass is 359 g/mol. The molecule has 0 N–H and O–H groups in total. The third kappa shape index (κ3) is 3.17. The molecule has 2 aromatic carbocycles. The number of fused-ring (bicyclic) bond motifs is 1. The molecule has 0 radical (unpaired) electrons. The van der Waals surface area contributed by atoms with Gasteiger partial charge in [-0.15, -0.1) is 0 Å². The number of benzene rings is 2. The van der Waals surface area contributed by atoms with Crippen molar-refractivity contribution in [3.63, 3.8) is 0 Å². The molecule has 0 saturated heterocycles. The summed E-state index contributed by atoms with van der Waals surface area (Å²) in [4.78, 5) is 14.2. The fraction of sp³-hybridized carbons (Fsp3) is 0.278. The summed E-state index contributed by atoms with van der Waals surface area (Å²) in [6, 6.07) is 16.0. The van der Waals surface area contributed by atoms with Crippen LogP contribution in [0.1, 0.15) is 23.6 Å². The lowest BCUT2D eigenvalue weighted by atomic mass is 10.1. The number of rotatable bonds is 4. The molecule has 1 aliphatic rings. The molecular weight excluding hydrogens is 342 g/mol. The van der Waals surface area contributed by atoms with Gasteiger partial charge in [0.05, 0.1) is 6.04 Å². The van der Waals surface area contributed by atoms with Gasteiger partial charge in [0.2, 0.25) is 0 Å². The molecule has 0 fully saturated rings. The lowest BCUT2D eigenvalue weighted by molar-refractivity contribution is -0.134. The zero-order chi connectivity index (χ0) is 15.5. The maximum atomic E-state index is 12.4. The second kappa shape index (κ2) is 6.53. The molecular formula is C18H18BrNO2. The van der Waals surface area contributed by atoms with Gasteiger partial charge in [0, 0.05) is 11.5 Å². The molecule has 1 amide bonds. The van der Waals surface area contributed by atoms with Crippen LogP contribution in [0.5, 0.6) is 5.75 Å². The highest BCUT2D eigenvalue weighted by Gasteiger charge is 2.28. The molecule has 3 rings (SSSR count). The standard InChI is InChI=1S/C18H18BrNO2/c1-20(17-11-6-13-4-2-3-5-16(13)17)18(21)12-22-15-9-7-14(19)8-10-15/h2-5,7-10,17H,6,11-12H2,1H3/t17-/m1/s1. The molecule has 0 saturated carbocycles. The number of hydrogen-bond donors (Lipinski definition) is 0. The molecule has 0 bridgehead atoms. The predicted octanol–water partition coefficient (Wildman–Crippen LogP) is 3.97. The van der Waals surface area contributed by atoms with E-state index in [0.29, 0.717) is 5.75 Å². The number of amides is 1. The topological polar surface area (TPSA) is 29.5 Å². The van der Waals surface area contributed by atoms with Crippen molar-refractivity contribution >= 4 is 21.8 Å². The molecule has 22 heavy (non-hydrogen) atoms. The van der Waals surface area contributed by atoms with Gasteiger partial charge in [0.15, 0.2) is 6.61 Å². The Morgan fingerprint density at radius 2 is 1.95 bits per heavy atom. The molecule has 2 aromatic rings. The number of aryl methyl sites for hydroxylation is 1. The normalized spacial score (nSPS) is 16.2. The molecule has 0 spiro atoms. The molecule has 0 aliphatic heterocycles. The van der Waals surface area contributed by atoms with Crippen LogP contribution in [0.2, 0.25) is 0 Å². The zero-order valence-corrected chi connectivity index (χ0v) is 14.0. The number of hydrogen-bond acceptors (Lipinski definition) is 2. The number of carbonyl (C=O) groups is 1. The Hall–Kier alpha value is -1.81. The Bertz CT molecular complexity index is 669. The van der Waals surface area contributed by atoms with E-state index in [0.717, 1.165) is 17.3 Å². The van der Waals surface area contributed by atoms with Crippen LogP contribution < -0.4 is 4.74 Å². The third-order valence-electron chi connectivity index (χ3n) is 4.14. The fourth-order valence-electron chi connectivity index (χ4n) is 2.89. The van der Waals surface area contributed by atoms with Gasteiger partial charge in [-0.1, -0.05) is 40.2 Å². The minimum atomic E-state index is 0.00428. The van der Waals surface area contributed by atoms with Crippen LogP contribution in [0.4, 0.5) is 0 Å². The first-order valence-corrected chi connectivity index (χ1v) is 8.16. The Kier molecular flexibility index (Phi) is 4.48. The van der Waals surface area contributed by atoms with E-state index in [9.17, 15) is 4.79 Å². The Morgan fingerprint density at radius 3 is 2.73 bits per heavy atom. The lowest BCUT2D eigenvalue weighted by Crippen LogP contribution is -2.34. The maximum absolute atomic E-state index is 12.4. The van der Waals surface area contributed by atoms with Crippen molar-refractivity contribution < 1.29 is 9.53 Å². The fourth-order valence-corrected chi connectivity index (χ4v) is 3.15. The summed E-state index contributed by atoms with van der Waals surface area (Å²) >= 11 is 3.38. The summed E-state index contributed by atoms with van der Waals surface area (Å²) in [5.41, 5.74) is 2.61. The number of halogens is 1. The van der Waals surface area contributed by atoms with Crippen LogP contribution in [-0.4, -0.2) is 24.5 Å². The highest BCUT2D eigenvalue weighted by Crippen LogP contribution is 2.34. The van der Waals surface area contributed by atoms with Crippen LogP contribution in [0.3, 0.4) is 0 Å². The largest absolute Gasteiger partial charge is 0.484 e. The molecule has 0 heterocycles. The summed E-state index contributed by atoms with van der Waals surface area (Å²) < 4.78 is 6.57. The Balaban J connectivity index is 1.62. The second-order valence-electron chi connectivity index (χ2n) is 5.50. The van der Waals surface area contributed by atoms with Crippen LogP contribution in [0.25, 0.3) is 0 Å². The average molecular weight is 360 g/mol. The molecule has 0 aromatic heterocycles. The van der Waals surface area contributed by atoms with E-state index < -0.39 is 0 Å². The first-order chi connectivity index (χ1) is 10.6. The van der Waals surface area contributed by atoms with E-state index >= 15 is 0 Å². The van der Waals surface area contributed by atoms with Crippen molar-refractivity contribution in [2.45, 2.75) is 18.9 Å². The van der Waals surface area contributed by atoms with Gasteiger partial charge >= 0.3 is 0 Å². The second-order valence-corrected chi connectivity index (χ2v) is 6.42. The molecule has 1 aliphatic carbocycles. The highest BCUT2D eigenvalue weighted by molar-refractivity contribution is 9.10. The average Bonchev–Trinajstić information content (AvgIpc) is 2.97. The van der Waals surface area contributed by atoms with Gasteiger partial charge in [-0.2, -0.15) is 0 Å². The molecule has 4 heteroatoms. The maximum Gasteiger partial charge on any atom is 0.260 e. The van der Waals surface area contributed by atoms with Crippen molar-refractivity contribution in [1.29, 1.82) is 0 Å². The molecule has 114 valence electrons. The van der Waals surface area contributed by atoms with E-state index in [2.05, 4.69) is 34.1 Å². The van der Waals surface area contributed by atoms with Gasteiger partial charge < -0.3 is 9.64 Å². The van der Waals surface area contributed by atoms with Crippen LogP contribution in [0, 0.1) is 0 Å². The quantitative estimate of drug-likeness (QED) is 0.826. The van der Waals surface area contributed by atoms with Crippen molar-refractivity contribution in [2.75, 3.05) is 13.7 Å². The molecule has 0 unspecified atom stereocenters. The molecule has 3 nitrogen and oxygen atoms in total. The smallest absolute Gasteiger partial charge is 0.260 e. The predicted molar refractivity (Wildman–Crippen MR) is 89.9 cm³/mol. The van der Waals surface area contributed by atoms with Crippen LogP contribution >= 0.6 is 15.9 Å². The first kappa shape index (κ1) is 15.1. The van der Waals surface area contributed by atoms with Crippen molar-refractivity contribution in [2.24, 2.45) is 0 Å². The van der Waals surface area contributed by atoms with Crippen LogP contribution in [-0.2, 0) is 11.2 Å². The first-order valence-electron chi connectivity index (χ1n) is 7.37. The summed E-state index contributed by atoms with van der Waals surface area (Å²) in [6.07, 6.45) is 2.02. The van der Waals surface area contributed by atoms with Crippen LogP contribution in [0.15, 0.2) is 53.0 Å². The molecule has 1 atom stereocenters. The Morgan fingerprint density at radius 1 is 1.23 bits per heavy atom. The van der Waals surface area contributed by atoms with Gasteiger partial charge in [0.1, 0.15) is 5.75 Å². The SMILES string of the molecule is CN(C(=O)COc1ccc(Br)cc1)[C@@H]1CCc2ccccc21. The van der Waals surface area contributed by atoms with E-state index in [1.54, 1.807) is 0 Å². The number of carbonyl (C=O) groups excluding carboxylic acids is 1. The van der Waals surface area contributed by atoms with Gasteiger partial charge in [-0.3, -0.25) is 4.79 Å². The number of ether oxygens (including phenoxy) is 1. The van der Waals surface area contributed by atoms with Crippen molar-refractivity contribution in [3.05, 3.63) is 64.1 Å². The lowest BCUT2D eigenvalue weighted by Gasteiger charge is -2.25. The Labute approximate surface area is 139 Å². The number of likely N-dealkylation sites (N-methyl/N-ethyl adjacent to an activating group) is 1. The van der Waals surface area contributed by atoms with E-state index in [1.807, 2.05) is 42.3 Å². The van der Waals surface area contributed by atoms with E-state index in [1.165, 1.54) is 11.1 Å². The van der Waals surface area contributed by atoms with Crippen molar-refractivity contribution in [1.82, 2.24) is 4.90 Å². The number of nitrogens with zero attached hydrogens (tertiary/aromatic N) is 1.